The topological polar surface area (TPSA) is 38.4 Å². The quantitative estimate of drug-likeness (QED) is 0.890. The lowest BCUT2D eigenvalue weighted by Gasteiger charge is -2.45. The van der Waals surface area contributed by atoms with Gasteiger partial charge in [-0.15, -0.1) is 0 Å². The van der Waals surface area contributed by atoms with Crippen LogP contribution in [0.4, 0.5) is 0 Å². The fourth-order valence-electron chi connectivity index (χ4n) is 3.97. The predicted octanol–water partition coefficient (Wildman–Crippen LogP) is 1.40. The van der Waals surface area contributed by atoms with E-state index in [1.807, 2.05) is 6.20 Å². The summed E-state index contributed by atoms with van der Waals surface area (Å²) in [6.45, 7) is 7.17. The van der Waals surface area contributed by atoms with Gasteiger partial charge in [0.05, 0.1) is 0 Å². The molecule has 0 atom stereocenters. The number of aromatic amines is 1. The van der Waals surface area contributed by atoms with Crippen LogP contribution in [-0.2, 0) is 6.54 Å². The largest absolute Gasteiger partial charge is 0.308 e. The summed E-state index contributed by atoms with van der Waals surface area (Å²) in [5, 5.41) is 7.13. The number of aromatic nitrogens is 2. The Labute approximate surface area is 128 Å². The lowest BCUT2D eigenvalue weighted by Crippen LogP contribution is -2.53. The Hall–Kier alpha value is -0.910. The maximum absolute atomic E-state index is 4.05. The van der Waals surface area contributed by atoms with Crippen LogP contribution in [0.5, 0.6) is 0 Å². The summed E-state index contributed by atoms with van der Waals surface area (Å²) < 4.78 is 0. The number of rotatable bonds is 5. The van der Waals surface area contributed by atoms with Crippen molar-refractivity contribution in [2.75, 3.05) is 46.8 Å². The standard InChI is InChI=1S/C16H29N5/c1-19(2)12-13-21-9-3-5-16(21)6-10-20(11-7-16)14-15-4-8-17-18-15/h4,8H,3,5-7,9-14H2,1-2H3,(H,17,18). The van der Waals surface area contributed by atoms with E-state index in [4.69, 9.17) is 0 Å². The third-order valence-corrected chi connectivity index (χ3v) is 5.30. The lowest BCUT2D eigenvalue weighted by molar-refractivity contribution is 0.0459. The van der Waals surface area contributed by atoms with Gasteiger partial charge in [0, 0.05) is 50.2 Å². The Morgan fingerprint density at radius 3 is 2.71 bits per heavy atom. The molecule has 0 amide bonds. The summed E-state index contributed by atoms with van der Waals surface area (Å²) in [6, 6.07) is 2.09. The highest BCUT2D eigenvalue weighted by Gasteiger charge is 2.42. The first-order valence-electron chi connectivity index (χ1n) is 8.28. The van der Waals surface area contributed by atoms with Crippen molar-refractivity contribution >= 4 is 0 Å². The van der Waals surface area contributed by atoms with E-state index in [1.165, 1.54) is 64.1 Å². The third kappa shape index (κ3) is 3.47. The average molecular weight is 291 g/mol. The van der Waals surface area contributed by atoms with Crippen molar-refractivity contribution in [3.05, 3.63) is 18.0 Å². The molecule has 2 aliphatic rings. The number of piperidine rings is 1. The fourth-order valence-corrected chi connectivity index (χ4v) is 3.97. The number of hydrogen-bond donors (Lipinski definition) is 1. The van der Waals surface area contributed by atoms with Gasteiger partial charge in [-0.1, -0.05) is 0 Å². The van der Waals surface area contributed by atoms with Crippen LogP contribution in [0, 0.1) is 0 Å². The summed E-state index contributed by atoms with van der Waals surface area (Å²) >= 11 is 0. The van der Waals surface area contributed by atoms with E-state index in [0.717, 1.165) is 6.54 Å². The number of likely N-dealkylation sites (tertiary alicyclic amines) is 2. The van der Waals surface area contributed by atoms with Crippen LogP contribution in [0.3, 0.4) is 0 Å². The Balaban J connectivity index is 1.53. The van der Waals surface area contributed by atoms with Gasteiger partial charge in [0.2, 0.25) is 0 Å². The van der Waals surface area contributed by atoms with Gasteiger partial charge in [0.25, 0.3) is 0 Å². The van der Waals surface area contributed by atoms with Crippen molar-refractivity contribution < 1.29 is 0 Å². The Morgan fingerprint density at radius 1 is 1.24 bits per heavy atom. The number of H-pyrrole nitrogens is 1. The SMILES string of the molecule is CN(C)CCN1CCCC12CCN(Cc1ccn[nH]1)CC2. The minimum absolute atomic E-state index is 0.500. The monoisotopic (exact) mass is 291 g/mol. The predicted molar refractivity (Wildman–Crippen MR) is 85.2 cm³/mol. The first-order valence-corrected chi connectivity index (χ1v) is 8.28. The molecular formula is C16H29N5. The van der Waals surface area contributed by atoms with Gasteiger partial charge < -0.3 is 4.90 Å². The molecular weight excluding hydrogens is 262 g/mol. The molecule has 1 aromatic heterocycles. The number of likely N-dealkylation sites (N-methyl/N-ethyl adjacent to an activating group) is 1. The maximum Gasteiger partial charge on any atom is 0.0492 e. The van der Waals surface area contributed by atoms with Crippen LogP contribution in [0.1, 0.15) is 31.4 Å². The summed E-state index contributed by atoms with van der Waals surface area (Å²) in [7, 11) is 4.35. The van der Waals surface area contributed by atoms with E-state index in [2.05, 4.69) is 45.1 Å². The van der Waals surface area contributed by atoms with Gasteiger partial charge >= 0.3 is 0 Å². The van der Waals surface area contributed by atoms with Crippen molar-refractivity contribution in [2.24, 2.45) is 0 Å². The van der Waals surface area contributed by atoms with E-state index in [1.54, 1.807) is 0 Å². The number of nitrogens with zero attached hydrogens (tertiary/aromatic N) is 4. The molecule has 0 saturated carbocycles. The summed E-state index contributed by atoms with van der Waals surface area (Å²) in [4.78, 5) is 7.65. The van der Waals surface area contributed by atoms with E-state index < -0.39 is 0 Å². The molecule has 2 aliphatic heterocycles. The number of nitrogens with one attached hydrogen (secondary N) is 1. The molecule has 0 radical (unpaired) electrons. The molecule has 21 heavy (non-hydrogen) atoms. The molecule has 3 rings (SSSR count). The zero-order chi connectivity index (χ0) is 14.7. The molecule has 3 heterocycles. The van der Waals surface area contributed by atoms with Gasteiger partial charge in [0.15, 0.2) is 0 Å². The summed E-state index contributed by atoms with van der Waals surface area (Å²) in [6.07, 6.45) is 7.29. The Bertz CT molecular complexity index is 420. The van der Waals surface area contributed by atoms with Crippen LogP contribution >= 0.6 is 0 Å². The van der Waals surface area contributed by atoms with Gasteiger partial charge in [-0.2, -0.15) is 5.10 Å². The molecule has 0 aliphatic carbocycles. The van der Waals surface area contributed by atoms with E-state index in [9.17, 15) is 0 Å². The Morgan fingerprint density at radius 2 is 2.05 bits per heavy atom. The highest BCUT2D eigenvalue weighted by Crippen LogP contribution is 2.38. The third-order valence-electron chi connectivity index (χ3n) is 5.30. The van der Waals surface area contributed by atoms with Gasteiger partial charge in [-0.05, 0) is 52.4 Å². The lowest BCUT2D eigenvalue weighted by atomic mass is 9.85. The minimum Gasteiger partial charge on any atom is -0.308 e. The fraction of sp³-hybridized carbons (Fsp3) is 0.812. The van der Waals surface area contributed by atoms with Crippen LogP contribution in [0.2, 0.25) is 0 Å². The molecule has 118 valence electrons. The first kappa shape index (κ1) is 15.0. The van der Waals surface area contributed by atoms with Crippen molar-refractivity contribution in [2.45, 2.75) is 37.8 Å². The highest BCUT2D eigenvalue weighted by molar-refractivity contribution is 5.02. The molecule has 0 bridgehead atoms. The maximum atomic E-state index is 4.05. The minimum atomic E-state index is 0.500. The Kier molecular flexibility index (Phi) is 4.62. The summed E-state index contributed by atoms with van der Waals surface area (Å²) in [5.41, 5.74) is 1.74. The molecule has 5 heteroatoms. The van der Waals surface area contributed by atoms with Crippen molar-refractivity contribution in [1.82, 2.24) is 24.9 Å². The molecule has 2 fully saturated rings. The van der Waals surface area contributed by atoms with E-state index >= 15 is 0 Å². The van der Waals surface area contributed by atoms with Gasteiger partial charge in [0.1, 0.15) is 0 Å². The van der Waals surface area contributed by atoms with Crippen LogP contribution in [0.25, 0.3) is 0 Å². The molecule has 0 unspecified atom stereocenters. The zero-order valence-electron chi connectivity index (χ0n) is 13.5. The van der Waals surface area contributed by atoms with Crippen LogP contribution < -0.4 is 0 Å². The van der Waals surface area contributed by atoms with Crippen molar-refractivity contribution in [3.8, 4) is 0 Å². The average Bonchev–Trinajstić information content (AvgIpc) is 3.10. The smallest absolute Gasteiger partial charge is 0.0492 e. The van der Waals surface area contributed by atoms with Crippen LogP contribution in [-0.4, -0.2) is 77.3 Å². The molecule has 5 nitrogen and oxygen atoms in total. The van der Waals surface area contributed by atoms with E-state index in [-0.39, 0.29) is 0 Å². The normalized spacial score (nSPS) is 23.4. The molecule has 1 N–H and O–H groups in total. The first-order chi connectivity index (χ1) is 10.2. The second-order valence-corrected chi connectivity index (χ2v) is 6.98. The molecule has 1 spiro atoms. The second kappa shape index (κ2) is 6.46. The molecule has 1 aromatic rings. The highest BCUT2D eigenvalue weighted by atomic mass is 15.3. The van der Waals surface area contributed by atoms with Crippen molar-refractivity contribution in [3.63, 3.8) is 0 Å². The molecule has 0 aromatic carbocycles. The van der Waals surface area contributed by atoms with Crippen LogP contribution in [0.15, 0.2) is 12.3 Å². The number of hydrogen-bond acceptors (Lipinski definition) is 4. The second-order valence-electron chi connectivity index (χ2n) is 6.98. The molecule has 2 saturated heterocycles. The van der Waals surface area contributed by atoms with Crippen molar-refractivity contribution in [1.29, 1.82) is 0 Å². The van der Waals surface area contributed by atoms with Gasteiger partial charge in [-0.25, -0.2) is 0 Å². The van der Waals surface area contributed by atoms with Gasteiger partial charge in [-0.3, -0.25) is 14.9 Å². The van der Waals surface area contributed by atoms with E-state index in [0.29, 0.717) is 5.54 Å². The summed E-state index contributed by atoms with van der Waals surface area (Å²) in [5.74, 6) is 0. The zero-order valence-corrected chi connectivity index (χ0v) is 13.5.